The van der Waals surface area contributed by atoms with Gasteiger partial charge in [0.15, 0.2) is 0 Å². The van der Waals surface area contributed by atoms with Crippen LogP contribution in [0.5, 0.6) is 5.75 Å². The van der Waals surface area contributed by atoms with Crippen molar-refractivity contribution in [3.63, 3.8) is 0 Å². The summed E-state index contributed by atoms with van der Waals surface area (Å²) in [5.41, 5.74) is 3.67. The van der Waals surface area contributed by atoms with Crippen LogP contribution in [0.3, 0.4) is 0 Å². The Morgan fingerprint density at radius 2 is 1.84 bits per heavy atom. The molecule has 0 N–H and O–H groups in total. The van der Waals surface area contributed by atoms with Crippen LogP contribution < -0.4 is 4.74 Å². The van der Waals surface area contributed by atoms with Gasteiger partial charge in [0.1, 0.15) is 5.75 Å². The van der Waals surface area contributed by atoms with Crippen LogP contribution in [-0.4, -0.2) is 7.11 Å². The quantitative estimate of drug-likeness (QED) is 0.684. The number of aryl methyl sites for hydroxylation is 1. The van der Waals surface area contributed by atoms with Crippen molar-refractivity contribution in [2.75, 3.05) is 7.11 Å². The van der Waals surface area contributed by atoms with E-state index in [9.17, 15) is 0 Å². The van der Waals surface area contributed by atoms with Crippen LogP contribution in [-0.2, 0) is 6.42 Å². The highest BCUT2D eigenvalue weighted by Crippen LogP contribution is 2.30. The van der Waals surface area contributed by atoms with Crippen LogP contribution >= 0.6 is 27.5 Å². The first-order valence-electron chi connectivity index (χ1n) is 6.13. The van der Waals surface area contributed by atoms with Gasteiger partial charge >= 0.3 is 0 Å². The van der Waals surface area contributed by atoms with Gasteiger partial charge in [0.05, 0.1) is 7.11 Å². The summed E-state index contributed by atoms with van der Waals surface area (Å²) in [6.07, 6.45) is 0.933. The van der Waals surface area contributed by atoms with Gasteiger partial charge in [-0.05, 0) is 48.2 Å². The summed E-state index contributed by atoms with van der Waals surface area (Å²) in [6.45, 7) is 2.06. The largest absolute Gasteiger partial charge is 0.496 e. The summed E-state index contributed by atoms with van der Waals surface area (Å²) in [4.78, 5) is 0.290. The lowest BCUT2D eigenvalue weighted by Crippen LogP contribution is -1.97. The van der Waals surface area contributed by atoms with Crippen LogP contribution in [0.25, 0.3) is 0 Å². The third-order valence-electron chi connectivity index (χ3n) is 3.11. The second kappa shape index (κ2) is 6.44. The number of ether oxygens (including phenoxy) is 1. The van der Waals surface area contributed by atoms with Crippen LogP contribution in [0.15, 0.2) is 42.5 Å². The molecule has 19 heavy (non-hydrogen) atoms. The van der Waals surface area contributed by atoms with E-state index in [2.05, 4.69) is 47.1 Å². The van der Waals surface area contributed by atoms with Gasteiger partial charge < -0.3 is 4.74 Å². The van der Waals surface area contributed by atoms with Crippen molar-refractivity contribution in [2.24, 2.45) is 0 Å². The van der Waals surface area contributed by atoms with Crippen LogP contribution in [0.2, 0.25) is 5.02 Å². The molecule has 0 saturated heterocycles. The molecule has 2 aromatic carbocycles. The molecular formula is C16H16BrClO. The monoisotopic (exact) mass is 338 g/mol. The molecule has 1 nitrogen and oxygen atoms in total. The topological polar surface area (TPSA) is 9.23 Å². The van der Waals surface area contributed by atoms with Crippen LogP contribution in [0.4, 0.5) is 0 Å². The molecular weight excluding hydrogens is 324 g/mol. The maximum absolute atomic E-state index is 5.89. The molecule has 0 spiro atoms. The highest BCUT2D eigenvalue weighted by atomic mass is 79.9. The van der Waals surface area contributed by atoms with E-state index in [-0.39, 0.29) is 0 Å². The van der Waals surface area contributed by atoms with Gasteiger partial charge in [-0.15, -0.1) is 0 Å². The fourth-order valence-corrected chi connectivity index (χ4v) is 2.83. The predicted octanol–water partition coefficient (Wildman–Crippen LogP) is 5.34. The zero-order valence-electron chi connectivity index (χ0n) is 11.0. The summed E-state index contributed by atoms with van der Waals surface area (Å²) in [6, 6.07) is 14.3. The van der Waals surface area contributed by atoms with Crippen molar-refractivity contribution < 1.29 is 4.74 Å². The highest BCUT2D eigenvalue weighted by molar-refractivity contribution is 9.09. The van der Waals surface area contributed by atoms with E-state index in [1.807, 2.05) is 18.2 Å². The van der Waals surface area contributed by atoms with Crippen molar-refractivity contribution in [1.29, 1.82) is 0 Å². The van der Waals surface area contributed by atoms with Crippen molar-refractivity contribution in [2.45, 2.75) is 18.2 Å². The lowest BCUT2D eigenvalue weighted by Gasteiger charge is -2.13. The molecule has 3 heteroatoms. The number of alkyl halides is 1. The van der Waals surface area contributed by atoms with Gasteiger partial charge in [0.2, 0.25) is 0 Å². The fraction of sp³-hybridized carbons (Fsp3) is 0.250. The number of hydrogen-bond donors (Lipinski definition) is 0. The molecule has 0 amide bonds. The Morgan fingerprint density at radius 1 is 1.16 bits per heavy atom. The SMILES string of the molecule is COc1ccc(C(Br)Cc2ccc(Cl)cc2)cc1C. The smallest absolute Gasteiger partial charge is 0.121 e. The molecule has 100 valence electrons. The first kappa shape index (κ1) is 14.4. The Morgan fingerprint density at radius 3 is 2.42 bits per heavy atom. The molecule has 0 saturated carbocycles. The Hall–Kier alpha value is -0.990. The fourth-order valence-electron chi connectivity index (χ4n) is 2.04. The van der Waals surface area contributed by atoms with Gasteiger partial charge in [-0.1, -0.05) is 51.8 Å². The minimum Gasteiger partial charge on any atom is -0.496 e. The van der Waals surface area contributed by atoms with Gasteiger partial charge in [0, 0.05) is 9.85 Å². The number of hydrogen-bond acceptors (Lipinski definition) is 1. The zero-order valence-corrected chi connectivity index (χ0v) is 13.3. The first-order chi connectivity index (χ1) is 9.10. The molecule has 0 bridgehead atoms. The van der Waals surface area contributed by atoms with Crippen molar-refractivity contribution >= 4 is 27.5 Å². The molecule has 2 aromatic rings. The number of benzene rings is 2. The highest BCUT2D eigenvalue weighted by Gasteiger charge is 2.10. The van der Waals surface area contributed by atoms with Gasteiger partial charge in [-0.2, -0.15) is 0 Å². The summed E-state index contributed by atoms with van der Waals surface area (Å²) < 4.78 is 5.28. The van der Waals surface area contributed by atoms with E-state index in [0.717, 1.165) is 22.8 Å². The van der Waals surface area contributed by atoms with Gasteiger partial charge in [-0.25, -0.2) is 0 Å². The molecule has 1 atom stereocenters. The third kappa shape index (κ3) is 3.74. The Balaban J connectivity index is 2.13. The normalized spacial score (nSPS) is 12.2. The van der Waals surface area contributed by atoms with Crippen LogP contribution in [0.1, 0.15) is 21.5 Å². The molecule has 0 aromatic heterocycles. The number of methoxy groups -OCH3 is 1. The molecule has 0 aliphatic carbocycles. The van der Waals surface area contributed by atoms with Gasteiger partial charge in [0.25, 0.3) is 0 Å². The minimum atomic E-state index is 0.290. The number of rotatable bonds is 4. The second-order valence-electron chi connectivity index (χ2n) is 4.53. The lowest BCUT2D eigenvalue weighted by atomic mass is 10.0. The van der Waals surface area contributed by atoms with E-state index >= 15 is 0 Å². The summed E-state index contributed by atoms with van der Waals surface area (Å²) in [5.74, 6) is 0.926. The Labute approximate surface area is 127 Å². The maximum Gasteiger partial charge on any atom is 0.121 e. The van der Waals surface area contributed by atoms with E-state index in [4.69, 9.17) is 16.3 Å². The summed E-state index contributed by atoms with van der Waals surface area (Å²) in [7, 11) is 1.70. The molecule has 0 aliphatic heterocycles. The molecule has 0 aliphatic rings. The zero-order chi connectivity index (χ0) is 13.8. The number of halogens is 2. The molecule has 0 fully saturated rings. The van der Waals surface area contributed by atoms with Gasteiger partial charge in [-0.3, -0.25) is 0 Å². The molecule has 0 radical (unpaired) electrons. The first-order valence-corrected chi connectivity index (χ1v) is 7.42. The second-order valence-corrected chi connectivity index (χ2v) is 6.07. The van der Waals surface area contributed by atoms with Crippen molar-refractivity contribution in [1.82, 2.24) is 0 Å². The Bertz CT molecular complexity index is 551. The summed E-state index contributed by atoms with van der Waals surface area (Å²) >= 11 is 9.64. The van der Waals surface area contributed by atoms with E-state index < -0.39 is 0 Å². The molecule has 2 rings (SSSR count). The van der Waals surface area contributed by atoms with Crippen molar-refractivity contribution in [3.8, 4) is 5.75 Å². The van der Waals surface area contributed by atoms with E-state index in [0.29, 0.717) is 4.83 Å². The third-order valence-corrected chi connectivity index (χ3v) is 4.21. The predicted molar refractivity (Wildman–Crippen MR) is 84.6 cm³/mol. The standard InChI is InChI=1S/C16H16BrClO/c1-11-9-13(5-8-16(11)19-2)15(17)10-12-3-6-14(18)7-4-12/h3-9,15H,10H2,1-2H3. The van der Waals surface area contributed by atoms with E-state index in [1.165, 1.54) is 11.1 Å². The molecule has 1 unspecified atom stereocenters. The molecule has 0 heterocycles. The summed E-state index contributed by atoms with van der Waals surface area (Å²) in [5, 5.41) is 0.773. The van der Waals surface area contributed by atoms with Crippen LogP contribution in [0, 0.1) is 6.92 Å². The minimum absolute atomic E-state index is 0.290. The average molecular weight is 340 g/mol. The lowest BCUT2D eigenvalue weighted by molar-refractivity contribution is 0.411. The average Bonchev–Trinajstić information content (AvgIpc) is 2.41. The van der Waals surface area contributed by atoms with Crippen molar-refractivity contribution in [3.05, 3.63) is 64.2 Å². The Kier molecular flexibility index (Phi) is 4.89. The maximum atomic E-state index is 5.89. The van der Waals surface area contributed by atoms with E-state index in [1.54, 1.807) is 7.11 Å².